The van der Waals surface area contributed by atoms with Crippen molar-refractivity contribution < 1.29 is 24.1 Å². The van der Waals surface area contributed by atoms with Gasteiger partial charge in [0.15, 0.2) is 0 Å². The Labute approximate surface area is 153 Å². The summed E-state index contributed by atoms with van der Waals surface area (Å²) in [5.74, 6) is 1.08. The molecule has 0 fully saturated rings. The molecule has 2 aromatic carbocycles. The van der Waals surface area contributed by atoms with Crippen LogP contribution in [-0.2, 0) is 11.3 Å². The van der Waals surface area contributed by atoms with Crippen molar-refractivity contribution >= 4 is 5.97 Å². The number of carbonyl (C=O) groups excluding carboxylic acids is 1. The topological polar surface area (TPSA) is 65.0 Å². The first-order valence-corrected chi connectivity index (χ1v) is 8.74. The summed E-state index contributed by atoms with van der Waals surface area (Å²) in [6.45, 7) is 6.15. The molecule has 0 aromatic heterocycles. The summed E-state index contributed by atoms with van der Waals surface area (Å²) in [5, 5.41) is 10.5. The minimum atomic E-state index is -0.733. The van der Waals surface area contributed by atoms with Gasteiger partial charge in [-0.3, -0.25) is 0 Å². The second-order valence-corrected chi connectivity index (χ2v) is 7.00. The molecule has 0 amide bonds. The average Bonchev–Trinajstić information content (AvgIpc) is 2.59. The molecule has 138 valence electrons. The number of esters is 1. The monoisotopic (exact) mass is 356 g/mol. The van der Waals surface area contributed by atoms with Crippen LogP contribution in [0, 0.1) is 12.8 Å². The van der Waals surface area contributed by atoms with Crippen molar-refractivity contribution in [2.24, 2.45) is 5.92 Å². The fourth-order valence-electron chi connectivity index (χ4n) is 3.17. The summed E-state index contributed by atoms with van der Waals surface area (Å²) in [6, 6.07) is 9.17. The van der Waals surface area contributed by atoms with Crippen LogP contribution < -0.4 is 9.47 Å². The molecule has 0 spiro atoms. The quantitative estimate of drug-likeness (QED) is 0.815. The second kappa shape index (κ2) is 7.38. The number of methoxy groups -OCH3 is 1. The zero-order valence-electron chi connectivity index (χ0n) is 15.5. The maximum absolute atomic E-state index is 12.7. The number of aliphatic hydroxyl groups excluding tert-OH is 1. The van der Waals surface area contributed by atoms with E-state index in [9.17, 15) is 9.90 Å². The maximum atomic E-state index is 12.7. The van der Waals surface area contributed by atoms with Gasteiger partial charge in [-0.2, -0.15) is 0 Å². The van der Waals surface area contributed by atoms with Crippen LogP contribution in [0.5, 0.6) is 17.2 Å². The summed E-state index contributed by atoms with van der Waals surface area (Å²) in [4.78, 5) is 12.7. The molecule has 0 bridgehead atoms. The van der Waals surface area contributed by atoms with Crippen molar-refractivity contribution in [3.05, 3.63) is 52.6 Å². The molecule has 0 unspecified atom stereocenters. The molecule has 2 aromatic rings. The Morgan fingerprint density at radius 3 is 2.62 bits per heavy atom. The summed E-state index contributed by atoms with van der Waals surface area (Å²) < 4.78 is 17.0. The molecule has 0 aliphatic carbocycles. The van der Waals surface area contributed by atoms with Crippen molar-refractivity contribution in [2.45, 2.75) is 39.9 Å². The van der Waals surface area contributed by atoms with Crippen molar-refractivity contribution in [1.82, 2.24) is 0 Å². The maximum Gasteiger partial charge on any atom is 0.346 e. The average molecular weight is 356 g/mol. The summed E-state index contributed by atoms with van der Waals surface area (Å²) in [7, 11) is 1.48. The molecule has 1 aliphatic rings. The molecule has 0 radical (unpaired) electrons. The molecule has 26 heavy (non-hydrogen) atoms. The first-order valence-electron chi connectivity index (χ1n) is 8.74. The van der Waals surface area contributed by atoms with Gasteiger partial charge in [0, 0.05) is 11.1 Å². The molecule has 0 saturated heterocycles. The number of rotatable bonds is 4. The van der Waals surface area contributed by atoms with Crippen LogP contribution in [0.3, 0.4) is 0 Å². The second-order valence-electron chi connectivity index (χ2n) is 7.00. The van der Waals surface area contributed by atoms with E-state index in [0.29, 0.717) is 35.2 Å². The minimum absolute atomic E-state index is 0.122. The molecular formula is C21H24O5. The highest BCUT2D eigenvalue weighted by molar-refractivity contribution is 5.96. The van der Waals surface area contributed by atoms with Crippen molar-refractivity contribution in [2.75, 3.05) is 7.11 Å². The zero-order chi connectivity index (χ0) is 18.8. The summed E-state index contributed by atoms with van der Waals surface area (Å²) in [5.41, 5.74) is 2.64. The summed E-state index contributed by atoms with van der Waals surface area (Å²) >= 11 is 0. The van der Waals surface area contributed by atoms with Gasteiger partial charge >= 0.3 is 5.97 Å². The van der Waals surface area contributed by atoms with Gasteiger partial charge < -0.3 is 19.3 Å². The lowest BCUT2D eigenvalue weighted by molar-refractivity contribution is 0.0455. The molecule has 1 aliphatic heterocycles. The third-order valence-electron chi connectivity index (χ3n) is 4.41. The van der Waals surface area contributed by atoms with Crippen LogP contribution in [0.1, 0.15) is 53.4 Å². The van der Waals surface area contributed by atoms with E-state index in [4.69, 9.17) is 14.2 Å². The number of ether oxygens (including phenoxy) is 3. The van der Waals surface area contributed by atoms with Crippen molar-refractivity contribution in [3.63, 3.8) is 0 Å². The van der Waals surface area contributed by atoms with E-state index >= 15 is 0 Å². The Bertz CT molecular complexity index is 825. The Morgan fingerprint density at radius 1 is 1.19 bits per heavy atom. The van der Waals surface area contributed by atoms with Gasteiger partial charge in [0.2, 0.25) is 0 Å². The molecule has 5 nitrogen and oxygen atoms in total. The predicted octanol–water partition coefficient (Wildman–Crippen LogP) is 4.55. The highest BCUT2D eigenvalue weighted by Crippen LogP contribution is 2.41. The Balaban J connectivity index is 2.09. The Hall–Kier alpha value is -2.53. The zero-order valence-corrected chi connectivity index (χ0v) is 15.5. The van der Waals surface area contributed by atoms with Crippen molar-refractivity contribution in [1.29, 1.82) is 0 Å². The molecule has 1 heterocycles. The van der Waals surface area contributed by atoms with Crippen molar-refractivity contribution in [3.8, 4) is 17.2 Å². The van der Waals surface area contributed by atoms with Crippen LogP contribution in [0.15, 0.2) is 30.3 Å². The van der Waals surface area contributed by atoms with E-state index in [1.54, 1.807) is 12.1 Å². The Kier molecular flexibility index (Phi) is 5.18. The number of fused-ring (bicyclic) bond motifs is 2. The number of carbonyl (C=O) groups is 1. The normalized spacial score (nSPS) is 14.5. The lowest BCUT2D eigenvalue weighted by atomic mass is 9.96. The number of hydrogen-bond donors (Lipinski definition) is 1. The van der Waals surface area contributed by atoms with Gasteiger partial charge in [0.25, 0.3) is 0 Å². The highest BCUT2D eigenvalue weighted by atomic mass is 16.5. The molecule has 0 saturated carbocycles. The van der Waals surface area contributed by atoms with Crippen LogP contribution in [0.4, 0.5) is 0 Å². The van der Waals surface area contributed by atoms with E-state index in [1.807, 2.05) is 39.0 Å². The molecule has 1 N–H and O–H groups in total. The molecule has 3 rings (SSSR count). The first-order chi connectivity index (χ1) is 12.4. The number of aryl methyl sites for hydroxylation is 1. The smallest absolute Gasteiger partial charge is 0.346 e. The van der Waals surface area contributed by atoms with E-state index in [-0.39, 0.29) is 12.2 Å². The van der Waals surface area contributed by atoms with Gasteiger partial charge in [0.05, 0.1) is 13.2 Å². The third kappa shape index (κ3) is 3.53. The van der Waals surface area contributed by atoms with Gasteiger partial charge in [-0.25, -0.2) is 4.79 Å². The number of aliphatic hydroxyl groups is 1. The SMILES string of the molecule is COc1c([C@@H](O)CC(C)C)ccc2c1C(=O)OCc1cc(C)ccc1O2. The van der Waals surface area contributed by atoms with Gasteiger partial charge in [-0.1, -0.05) is 25.5 Å². The number of hydrogen-bond acceptors (Lipinski definition) is 5. The van der Waals surface area contributed by atoms with E-state index in [0.717, 1.165) is 11.1 Å². The van der Waals surface area contributed by atoms with E-state index < -0.39 is 12.1 Å². The van der Waals surface area contributed by atoms with Gasteiger partial charge in [-0.15, -0.1) is 0 Å². The predicted molar refractivity (Wildman–Crippen MR) is 97.8 cm³/mol. The van der Waals surface area contributed by atoms with Crippen LogP contribution >= 0.6 is 0 Å². The molecular weight excluding hydrogens is 332 g/mol. The molecule has 1 atom stereocenters. The van der Waals surface area contributed by atoms with E-state index in [2.05, 4.69) is 0 Å². The van der Waals surface area contributed by atoms with Crippen LogP contribution in [0.2, 0.25) is 0 Å². The third-order valence-corrected chi connectivity index (χ3v) is 4.41. The minimum Gasteiger partial charge on any atom is -0.495 e. The van der Waals surface area contributed by atoms with Gasteiger partial charge in [0.1, 0.15) is 29.4 Å². The first kappa shape index (κ1) is 18.3. The van der Waals surface area contributed by atoms with Crippen LogP contribution in [-0.4, -0.2) is 18.2 Å². The Morgan fingerprint density at radius 2 is 1.92 bits per heavy atom. The summed E-state index contributed by atoms with van der Waals surface area (Å²) in [6.07, 6.45) is -0.170. The fourth-order valence-corrected chi connectivity index (χ4v) is 3.17. The molecule has 5 heteroatoms. The van der Waals surface area contributed by atoms with E-state index in [1.165, 1.54) is 7.11 Å². The van der Waals surface area contributed by atoms with Crippen LogP contribution in [0.25, 0.3) is 0 Å². The number of benzene rings is 2. The lowest BCUT2D eigenvalue weighted by Crippen LogP contribution is -2.15. The largest absolute Gasteiger partial charge is 0.495 e. The van der Waals surface area contributed by atoms with Gasteiger partial charge in [-0.05, 0) is 43.5 Å². The number of cyclic esters (lactones) is 1. The fraction of sp³-hybridized carbons (Fsp3) is 0.381. The standard InChI is InChI=1S/C21H24O5/c1-12(2)9-16(22)15-6-8-18-19(20(15)24-4)21(23)25-11-14-10-13(3)5-7-17(14)26-18/h5-8,10,12,16,22H,9,11H2,1-4H3/t16-/m0/s1. The lowest BCUT2D eigenvalue weighted by Gasteiger charge is -2.23. The highest BCUT2D eigenvalue weighted by Gasteiger charge is 2.28.